The SMILES string of the molecule is N#Cc1ccc(NC(=O)COc2ncnc3ccccc23)cc1. The van der Waals surface area contributed by atoms with E-state index in [0.29, 0.717) is 17.1 Å². The summed E-state index contributed by atoms with van der Waals surface area (Å²) in [6.07, 6.45) is 1.40. The third-order valence-corrected chi connectivity index (χ3v) is 3.14. The number of aromatic nitrogens is 2. The van der Waals surface area contributed by atoms with E-state index >= 15 is 0 Å². The molecule has 1 amide bonds. The Morgan fingerprint density at radius 1 is 1.13 bits per heavy atom. The molecule has 6 nitrogen and oxygen atoms in total. The first-order valence-corrected chi connectivity index (χ1v) is 6.89. The molecule has 0 atom stereocenters. The molecule has 0 unspecified atom stereocenters. The van der Waals surface area contributed by atoms with Crippen molar-refractivity contribution in [2.24, 2.45) is 0 Å². The van der Waals surface area contributed by atoms with Crippen LogP contribution in [0.15, 0.2) is 54.9 Å². The highest BCUT2D eigenvalue weighted by molar-refractivity contribution is 5.92. The zero-order valence-corrected chi connectivity index (χ0v) is 12.1. The largest absolute Gasteiger partial charge is 0.467 e. The Bertz CT molecular complexity index is 880. The van der Waals surface area contributed by atoms with Gasteiger partial charge in [-0.15, -0.1) is 0 Å². The molecule has 0 radical (unpaired) electrons. The Morgan fingerprint density at radius 3 is 2.70 bits per heavy atom. The van der Waals surface area contributed by atoms with Gasteiger partial charge in [-0.25, -0.2) is 9.97 Å². The van der Waals surface area contributed by atoms with Gasteiger partial charge in [-0.1, -0.05) is 12.1 Å². The van der Waals surface area contributed by atoms with Crippen molar-refractivity contribution in [3.8, 4) is 11.9 Å². The second-order valence-corrected chi connectivity index (χ2v) is 4.72. The van der Waals surface area contributed by atoms with E-state index in [9.17, 15) is 4.79 Å². The smallest absolute Gasteiger partial charge is 0.262 e. The van der Waals surface area contributed by atoms with Gasteiger partial charge in [-0.05, 0) is 36.4 Å². The molecule has 0 aliphatic rings. The highest BCUT2D eigenvalue weighted by Gasteiger charge is 2.08. The molecular formula is C17H12N4O2. The van der Waals surface area contributed by atoms with Gasteiger partial charge in [0.15, 0.2) is 6.61 Å². The Balaban J connectivity index is 1.65. The maximum atomic E-state index is 11.9. The number of para-hydroxylation sites is 1. The normalized spacial score (nSPS) is 10.0. The van der Waals surface area contributed by atoms with Gasteiger partial charge >= 0.3 is 0 Å². The fourth-order valence-corrected chi connectivity index (χ4v) is 2.05. The lowest BCUT2D eigenvalue weighted by molar-refractivity contribution is -0.118. The van der Waals surface area contributed by atoms with Crippen LogP contribution in [0.1, 0.15) is 5.56 Å². The molecule has 0 saturated carbocycles. The lowest BCUT2D eigenvalue weighted by Crippen LogP contribution is -2.20. The number of carbonyl (C=O) groups is 1. The van der Waals surface area contributed by atoms with Gasteiger partial charge in [0.25, 0.3) is 5.91 Å². The predicted molar refractivity (Wildman–Crippen MR) is 84.8 cm³/mol. The molecule has 1 heterocycles. The molecule has 1 aromatic heterocycles. The number of amides is 1. The Kier molecular flexibility index (Phi) is 4.11. The van der Waals surface area contributed by atoms with E-state index in [1.807, 2.05) is 30.3 Å². The van der Waals surface area contributed by atoms with Crippen LogP contribution in [-0.2, 0) is 4.79 Å². The van der Waals surface area contributed by atoms with E-state index < -0.39 is 0 Å². The second kappa shape index (κ2) is 6.54. The molecule has 0 aliphatic carbocycles. The minimum Gasteiger partial charge on any atom is -0.467 e. The number of fused-ring (bicyclic) bond motifs is 1. The topological polar surface area (TPSA) is 87.9 Å². The van der Waals surface area contributed by atoms with Crippen molar-refractivity contribution < 1.29 is 9.53 Å². The molecule has 0 aliphatic heterocycles. The number of ether oxygens (including phenoxy) is 1. The first-order valence-electron chi connectivity index (χ1n) is 6.89. The number of hydrogen-bond acceptors (Lipinski definition) is 5. The Hall–Kier alpha value is -3.46. The van der Waals surface area contributed by atoms with Crippen LogP contribution in [0.3, 0.4) is 0 Å². The van der Waals surface area contributed by atoms with E-state index in [1.54, 1.807) is 24.3 Å². The number of nitrogens with one attached hydrogen (secondary N) is 1. The minimum absolute atomic E-state index is 0.166. The molecule has 6 heteroatoms. The molecule has 3 rings (SSSR count). The summed E-state index contributed by atoms with van der Waals surface area (Å²) in [5, 5.41) is 12.2. The highest BCUT2D eigenvalue weighted by atomic mass is 16.5. The summed E-state index contributed by atoms with van der Waals surface area (Å²) in [6, 6.07) is 16.0. The fraction of sp³-hybridized carbons (Fsp3) is 0.0588. The van der Waals surface area contributed by atoms with E-state index in [4.69, 9.17) is 10.00 Å². The van der Waals surface area contributed by atoms with Crippen LogP contribution in [0.25, 0.3) is 10.9 Å². The van der Waals surface area contributed by atoms with Gasteiger partial charge in [-0.2, -0.15) is 5.26 Å². The van der Waals surface area contributed by atoms with Crippen molar-refractivity contribution in [3.05, 3.63) is 60.4 Å². The number of carbonyl (C=O) groups excluding carboxylic acids is 1. The molecule has 0 bridgehead atoms. The number of anilines is 1. The third-order valence-electron chi connectivity index (χ3n) is 3.14. The van der Waals surface area contributed by atoms with Gasteiger partial charge in [0.1, 0.15) is 6.33 Å². The Labute approximate surface area is 132 Å². The first kappa shape index (κ1) is 14.5. The lowest BCUT2D eigenvalue weighted by Gasteiger charge is -2.08. The summed E-state index contributed by atoms with van der Waals surface area (Å²) < 4.78 is 5.48. The van der Waals surface area contributed by atoms with E-state index in [0.717, 1.165) is 10.9 Å². The summed E-state index contributed by atoms with van der Waals surface area (Å²) in [5.74, 6) is 0.0583. The van der Waals surface area contributed by atoms with Crippen LogP contribution in [0.2, 0.25) is 0 Å². The van der Waals surface area contributed by atoms with Crippen LogP contribution in [0, 0.1) is 11.3 Å². The second-order valence-electron chi connectivity index (χ2n) is 4.72. The van der Waals surface area contributed by atoms with Crippen LogP contribution in [-0.4, -0.2) is 22.5 Å². The van der Waals surface area contributed by atoms with Gasteiger partial charge in [-0.3, -0.25) is 4.79 Å². The summed E-state index contributed by atoms with van der Waals surface area (Å²) in [7, 11) is 0. The fourth-order valence-electron chi connectivity index (χ4n) is 2.05. The van der Waals surface area contributed by atoms with Crippen LogP contribution in [0.5, 0.6) is 5.88 Å². The number of benzene rings is 2. The molecule has 1 N–H and O–H groups in total. The van der Waals surface area contributed by atoms with E-state index in [-0.39, 0.29) is 12.5 Å². The van der Waals surface area contributed by atoms with Gasteiger partial charge in [0, 0.05) is 5.69 Å². The quantitative estimate of drug-likeness (QED) is 0.800. The third kappa shape index (κ3) is 3.41. The zero-order valence-electron chi connectivity index (χ0n) is 12.1. The van der Waals surface area contributed by atoms with Crippen molar-refractivity contribution in [2.75, 3.05) is 11.9 Å². The lowest BCUT2D eigenvalue weighted by atomic mass is 10.2. The number of nitriles is 1. The molecule has 112 valence electrons. The van der Waals surface area contributed by atoms with Crippen molar-refractivity contribution in [1.82, 2.24) is 9.97 Å². The zero-order chi connectivity index (χ0) is 16.1. The standard InChI is InChI=1S/C17H12N4O2/c18-9-12-5-7-13(8-6-12)21-16(22)10-23-17-14-3-1-2-4-15(14)19-11-20-17/h1-8,11H,10H2,(H,21,22). The number of rotatable bonds is 4. The monoisotopic (exact) mass is 304 g/mol. The molecule has 0 saturated heterocycles. The molecule has 23 heavy (non-hydrogen) atoms. The average Bonchev–Trinajstić information content (AvgIpc) is 2.60. The van der Waals surface area contributed by atoms with Gasteiger partial charge < -0.3 is 10.1 Å². The summed E-state index contributed by atoms with van der Waals surface area (Å²) >= 11 is 0. The van der Waals surface area contributed by atoms with E-state index in [1.165, 1.54) is 6.33 Å². The van der Waals surface area contributed by atoms with Crippen LogP contribution < -0.4 is 10.1 Å². The molecule has 0 fully saturated rings. The first-order chi connectivity index (χ1) is 11.3. The van der Waals surface area contributed by atoms with Crippen LogP contribution >= 0.6 is 0 Å². The van der Waals surface area contributed by atoms with Crippen molar-refractivity contribution in [2.45, 2.75) is 0 Å². The molecule has 0 spiro atoms. The Morgan fingerprint density at radius 2 is 1.91 bits per heavy atom. The average molecular weight is 304 g/mol. The summed E-state index contributed by atoms with van der Waals surface area (Å²) in [4.78, 5) is 20.1. The molecule has 2 aromatic carbocycles. The summed E-state index contributed by atoms with van der Waals surface area (Å²) in [5.41, 5.74) is 1.89. The van der Waals surface area contributed by atoms with Crippen molar-refractivity contribution >= 4 is 22.5 Å². The van der Waals surface area contributed by atoms with E-state index in [2.05, 4.69) is 15.3 Å². The number of nitrogens with zero attached hydrogens (tertiary/aromatic N) is 3. The highest BCUT2D eigenvalue weighted by Crippen LogP contribution is 2.20. The maximum absolute atomic E-state index is 11.9. The predicted octanol–water partition coefficient (Wildman–Crippen LogP) is 2.52. The van der Waals surface area contributed by atoms with Gasteiger partial charge in [0.2, 0.25) is 5.88 Å². The van der Waals surface area contributed by atoms with Crippen LogP contribution in [0.4, 0.5) is 5.69 Å². The summed E-state index contributed by atoms with van der Waals surface area (Å²) in [6.45, 7) is -0.166. The van der Waals surface area contributed by atoms with Gasteiger partial charge in [0.05, 0.1) is 22.5 Å². The van der Waals surface area contributed by atoms with Crippen molar-refractivity contribution in [3.63, 3.8) is 0 Å². The maximum Gasteiger partial charge on any atom is 0.262 e. The van der Waals surface area contributed by atoms with Crippen molar-refractivity contribution in [1.29, 1.82) is 5.26 Å². The number of hydrogen-bond donors (Lipinski definition) is 1. The molecular weight excluding hydrogens is 292 g/mol. The minimum atomic E-state index is -0.308. The molecule has 3 aromatic rings.